The minimum absolute atomic E-state index is 0.0306. The molecule has 0 aromatic heterocycles. The molecular formula is C14H19F2NO. The zero-order valence-corrected chi connectivity index (χ0v) is 10.5. The Kier molecular flexibility index (Phi) is 4.53. The molecule has 2 rings (SSSR count). The Hall–Kier alpha value is -1.16. The summed E-state index contributed by atoms with van der Waals surface area (Å²) in [5, 5.41) is 3.48. The van der Waals surface area contributed by atoms with Crippen molar-refractivity contribution in [1.82, 2.24) is 5.32 Å². The Morgan fingerprint density at radius 2 is 1.89 bits per heavy atom. The molecule has 18 heavy (non-hydrogen) atoms. The first kappa shape index (κ1) is 13.3. The second-order valence-corrected chi connectivity index (χ2v) is 4.79. The summed E-state index contributed by atoms with van der Waals surface area (Å²) in [7, 11) is 0. The number of ether oxygens (including phenoxy) is 1. The molecule has 0 aliphatic heterocycles. The largest absolute Gasteiger partial charge is 0.434 e. The van der Waals surface area contributed by atoms with Gasteiger partial charge >= 0.3 is 6.61 Å². The molecule has 4 heteroatoms. The van der Waals surface area contributed by atoms with Crippen molar-refractivity contribution in [2.75, 3.05) is 0 Å². The Balaban J connectivity index is 2.05. The van der Waals surface area contributed by atoms with Crippen LogP contribution in [0.25, 0.3) is 0 Å². The van der Waals surface area contributed by atoms with E-state index in [0.29, 0.717) is 6.04 Å². The van der Waals surface area contributed by atoms with Gasteiger partial charge in [-0.15, -0.1) is 0 Å². The molecule has 1 unspecified atom stereocenters. The van der Waals surface area contributed by atoms with Crippen molar-refractivity contribution in [3.05, 3.63) is 29.8 Å². The lowest BCUT2D eigenvalue weighted by Gasteiger charge is -2.21. The first-order valence-electron chi connectivity index (χ1n) is 6.46. The third-order valence-electron chi connectivity index (χ3n) is 3.44. The molecule has 0 spiro atoms. The van der Waals surface area contributed by atoms with Crippen LogP contribution in [0.4, 0.5) is 8.78 Å². The van der Waals surface area contributed by atoms with E-state index >= 15 is 0 Å². The number of benzene rings is 1. The first-order chi connectivity index (χ1) is 8.66. The van der Waals surface area contributed by atoms with E-state index in [-0.39, 0.29) is 11.8 Å². The predicted octanol–water partition coefficient (Wildman–Crippen LogP) is 3.88. The summed E-state index contributed by atoms with van der Waals surface area (Å²) in [6.45, 7) is -0.781. The summed E-state index contributed by atoms with van der Waals surface area (Å²) in [4.78, 5) is 0. The fourth-order valence-electron chi connectivity index (χ4n) is 2.58. The van der Waals surface area contributed by atoms with Crippen LogP contribution >= 0.6 is 0 Å². The van der Waals surface area contributed by atoms with Gasteiger partial charge in [0.05, 0.1) is 0 Å². The van der Waals surface area contributed by atoms with E-state index in [4.69, 9.17) is 0 Å². The van der Waals surface area contributed by atoms with Gasteiger partial charge in [-0.25, -0.2) is 0 Å². The van der Waals surface area contributed by atoms with Gasteiger partial charge < -0.3 is 10.1 Å². The number of nitrogens with one attached hydrogen (secondary N) is 1. The minimum atomic E-state index is -2.77. The van der Waals surface area contributed by atoms with E-state index in [0.717, 1.165) is 5.56 Å². The number of hydrogen-bond acceptors (Lipinski definition) is 2. The van der Waals surface area contributed by atoms with Gasteiger partial charge in [0.1, 0.15) is 5.75 Å². The molecule has 1 fully saturated rings. The average Bonchev–Trinajstić information content (AvgIpc) is 2.81. The molecule has 1 aliphatic carbocycles. The number of rotatable bonds is 5. The van der Waals surface area contributed by atoms with Crippen molar-refractivity contribution in [3.63, 3.8) is 0 Å². The van der Waals surface area contributed by atoms with Crippen LogP contribution in [0.1, 0.15) is 44.2 Å². The van der Waals surface area contributed by atoms with Crippen LogP contribution in [0, 0.1) is 0 Å². The van der Waals surface area contributed by atoms with Crippen molar-refractivity contribution in [1.29, 1.82) is 0 Å². The van der Waals surface area contributed by atoms with E-state index in [2.05, 4.69) is 10.1 Å². The molecule has 0 amide bonds. The Bertz CT molecular complexity index is 378. The number of para-hydroxylation sites is 1. The highest BCUT2D eigenvalue weighted by molar-refractivity contribution is 5.35. The van der Waals surface area contributed by atoms with Crippen LogP contribution in [0.3, 0.4) is 0 Å². The second-order valence-electron chi connectivity index (χ2n) is 4.79. The number of alkyl halides is 2. The topological polar surface area (TPSA) is 21.3 Å². The van der Waals surface area contributed by atoms with Crippen molar-refractivity contribution in [2.45, 2.75) is 51.3 Å². The van der Waals surface area contributed by atoms with Gasteiger partial charge in [-0.3, -0.25) is 0 Å². The highest BCUT2D eigenvalue weighted by Crippen LogP contribution is 2.28. The molecule has 0 saturated heterocycles. The molecule has 0 heterocycles. The predicted molar refractivity (Wildman–Crippen MR) is 66.9 cm³/mol. The van der Waals surface area contributed by atoms with Crippen LogP contribution in [-0.2, 0) is 0 Å². The Morgan fingerprint density at radius 3 is 2.56 bits per heavy atom. The maximum Gasteiger partial charge on any atom is 0.387 e. The molecule has 2 nitrogen and oxygen atoms in total. The first-order valence-corrected chi connectivity index (χ1v) is 6.46. The summed E-state index contributed by atoms with van der Waals surface area (Å²) in [5.41, 5.74) is 0.796. The summed E-state index contributed by atoms with van der Waals surface area (Å²) in [6.07, 6.45) is 4.84. The minimum Gasteiger partial charge on any atom is -0.434 e. The zero-order valence-electron chi connectivity index (χ0n) is 10.5. The van der Waals surface area contributed by atoms with E-state index in [1.165, 1.54) is 25.7 Å². The van der Waals surface area contributed by atoms with Gasteiger partial charge in [0.15, 0.2) is 0 Å². The fourth-order valence-corrected chi connectivity index (χ4v) is 2.58. The molecule has 100 valence electrons. The Morgan fingerprint density at radius 1 is 1.22 bits per heavy atom. The molecule has 1 aromatic carbocycles. The van der Waals surface area contributed by atoms with E-state index in [9.17, 15) is 8.78 Å². The highest BCUT2D eigenvalue weighted by atomic mass is 19.3. The smallest absolute Gasteiger partial charge is 0.387 e. The van der Waals surface area contributed by atoms with Crippen LogP contribution in [0.2, 0.25) is 0 Å². The van der Waals surface area contributed by atoms with Crippen molar-refractivity contribution < 1.29 is 13.5 Å². The third kappa shape index (κ3) is 3.42. The van der Waals surface area contributed by atoms with Gasteiger partial charge in [0, 0.05) is 17.6 Å². The monoisotopic (exact) mass is 255 g/mol. The van der Waals surface area contributed by atoms with E-state index in [1.807, 2.05) is 19.1 Å². The lowest BCUT2D eigenvalue weighted by atomic mass is 10.1. The van der Waals surface area contributed by atoms with Crippen molar-refractivity contribution in [3.8, 4) is 5.75 Å². The molecular weight excluding hydrogens is 236 g/mol. The summed E-state index contributed by atoms with van der Waals surface area (Å²) < 4.78 is 29.2. The zero-order chi connectivity index (χ0) is 13.0. The number of halogens is 2. The van der Waals surface area contributed by atoms with Gasteiger partial charge in [0.2, 0.25) is 0 Å². The normalized spacial score (nSPS) is 18.2. The lowest BCUT2D eigenvalue weighted by molar-refractivity contribution is -0.0506. The molecule has 1 aliphatic rings. The SMILES string of the molecule is CC(NC1CCCC1)c1ccccc1OC(F)F. The maximum atomic E-state index is 12.3. The van der Waals surface area contributed by atoms with Crippen molar-refractivity contribution >= 4 is 0 Å². The number of hydrogen-bond donors (Lipinski definition) is 1. The van der Waals surface area contributed by atoms with Crippen molar-refractivity contribution in [2.24, 2.45) is 0 Å². The van der Waals surface area contributed by atoms with Gasteiger partial charge in [0.25, 0.3) is 0 Å². The van der Waals surface area contributed by atoms with E-state index < -0.39 is 6.61 Å². The van der Waals surface area contributed by atoms with Crippen LogP contribution in [0.5, 0.6) is 5.75 Å². The van der Waals surface area contributed by atoms with Gasteiger partial charge in [-0.05, 0) is 25.8 Å². The van der Waals surface area contributed by atoms with Crippen LogP contribution < -0.4 is 10.1 Å². The molecule has 0 bridgehead atoms. The summed E-state index contributed by atoms with van der Waals surface area (Å²) in [5.74, 6) is 0.269. The molecule has 1 aromatic rings. The fraction of sp³-hybridized carbons (Fsp3) is 0.571. The standard InChI is InChI=1S/C14H19F2NO/c1-10(17-11-6-2-3-7-11)12-8-4-5-9-13(12)18-14(15)16/h4-5,8-11,14,17H,2-3,6-7H2,1H3. The Labute approximate surface area is 106 Å². The molecule has 1 N–H and O–H groups in total. The van der Waals surface area contributed by atoms with Crippen LogP contribution in [0.15, 0.2) is 24.3 Å². The third-order valence-corrected chi connectivity index (χ3v) is 3.44. The maximum absolute atomic E-state index is 12.3. The average molecular weight is 255 g/mol. The lowest BCUT2D eigenvalue weighted by Crippen LogP contribution is -2.29. The van der Waals surface area contributed by atoms with Gasteiger partial charge in [-0.1, -0.05) is 31.0 Å². The summed E-state index contributed by atoms with van der Waals surface area (Å²) in [6, 6.07) is 7.52. The highest BCUT2D eigenvalue weighted by Gasteiger charge is 2.20. The summed E-state index contributed by atoms with van der Waals surface area (Å²) >= 11 is 0. The van der Waals surface area contributed by atoms with E-state index in [1.54, 1.807) is 12.1 Å². The molecule has 0 radical (unpaired) electrons. The van der Waals surface area contributed by atoms with Gasteiger partial charge in [-0.2, -0.15) is 8.78 Å². The quantitative estimate of drug-likeness (QED) is 0.862. The molecule has 1 saturated carbocycles. The molecule has 1 atom stereocenters. The second kappa shape index (κ2) is 6.14. The van der Waals surface area contributed by atoms with Crippen LogP contribution in [-0.4, -0.2) is 12.7 Å².